The molecule has 7 heteroatoms. The molecule has 4 nitrogen and oxygen atoms in total. The van der Waals surface area contributed by atoms with Gasteiger partial charge in [-0.2, -0.15) is 0 Å². The lowest BCUT2D eigenvalue weighted by molar-refractivity contribution is 0.141. The summed E-state index contributed by atoms with van der Waals surface area (Å²) in [6.45, 7) is 0.714. The maximum atomic E-state index is 13.0. The fourth-order valence-corrected chi connectivity index (χ4v) is 2.40. The first-order chi connectivity index (χ1) is 12.0. The van der Waals surface area contributed by atoms with Crippen LogP contribution in [-0.4, -0.2) is 30.2 Å². The van der Waals surface area contributed by atoms with Crippen molar-refractivity contribution < 1.29 is 17.9 Å². The minimum absolute atomic E-state index is 0.296. The first-order valence-electron chi connectivity index (χ1n) is 7.69. The number of likely N-dealkylation sites (N-methyl/N-ethyl adjacent to an activating group) is 1. The highest BCUT2D eigenvalue weighted by molar-refractivity contribution is 5.89. The maximum absolute atomic E-state index is 13.0. The average molecular weight is 347 g/mol. The molecule has 0 aliphatic heterocycles. The number of ether oxygens (including phenoxy) is 1. The van der Waals surface area contributed by atoms with E-state index in [9.17, 15) is 13.2 Å². The van der Waals surface area contributed by atoms with Gasteiger partial charge in [0, 0.05) is 12.4 Å². The highest BCUT2D eigenvalue weighted by Gasteiger charge is 2.17. The Morgan fingerprint density at radius 1 is 1.04 bits per heavy atom. The van der Waals surface area contributed by atoms with Gasteiger partial charge in [-0.3, -0.25) is 0 Å². The summed E-state index contributed by atoms with van der Waals surface area (Å²) in [5.74, 6) is 0.121. The lowest BCUT2D eigenvalue weighted by Crippen LogP contribution is -2.25. The number of para-hydroxylation sites is 1. The monoisotopic (exact) mass is 347 g/mol. The fourth-order valence-electron chi connectivity index (χ4n) is 2.40. The molecule has 0 fully saturated rings. The number of anilines is 1. The van der Waals surface area contributed by atoms with Gasteiger partial charge in [0.2, 0.25) is 0 Å². The highest BCUT2D eigenvalue weighted by atomic mass is 19.3. The number of benzene rings is 2. The molecule has 0 radical (unpaired) electrons. The molecule has 0 amide bonds. The minimum atomic E-state index is -2.74. The van der Waals surface area contributed by atoms with Gasteiger partial charge in [-0.1, -0.05) is 12.1 Å². The van der Waals surface area contributed by atoms with Gasteiger partial charge in [0.25, 0.3) is 6.43 Å². The van der Waals surface area contributed by atoms with Gasteiger partial charge < -0.3 is 9.64 Å². The van der Waals surface area contributed by atoms with E-state index in [0.717, 1.165) is 0 Å². The smallest absolute Gasteiger partial charge is 0.297 e. The van der Waals surface area contributed by atoms with Crippen LogP contribution in [0, 0.1) is 5.82 Å². The lowest BCUT2D eigenvalue weighted by atomic mass is 10.2. The Hall–Kier alpha value is -2.83. The predicted octanol–water partition coefficient (Wildman–Crippen LogP) is 4.22. The van der Waals surface area contributed by atoms with Gasteiger partial charge in [-0.25, -0.2) is 23.1 Å². The Labute approximate surface area is 142 Å². The van der Waals surface area contributed by atoms with Gasteiger partial charge in [0.05, 0.1) is 12.1 Å². The van der Waals surface area contributed by atoms with Crippen molar-refractivity contribution >= 4 is 16.7 Å². The van der Waals surface area contributed by atoms with Crippen molar-refractivity contribution in [3.8, 4) is 5.75 Å². The van der Waals surface area contributed by atoms with E-state index in [2.05, 4.69) is 9.97 Å². The topological polar surface area (TPSA) is 38.2 Å². The first kappa shape index (κ1) is 17.0. The first-order valence-corrected chi connectivity index (χ1v) is 7.69. The van der Waals surface area contributed by atoms with Gasteiger partial charge in [0.15, 0.2) is 5.82 Å². The van der Waals surface area contributed by atoms with E-state index < -0.39 is 12.2 Å². The van der Waals surface area contributed by atoms with Crippen LogP contribution in [0.3, 0.4) is 0 Å². The summed E-state index contributed by atoms with van der Waals surface area (Å²) in [7, 11) is 1.75. The van der Waals surface area contributed by atoms with Crippen LogP contribution >= 0.6 is 0 Å². The summed E-state index contributed by atoms with van der Waals surface area (Å²) in [6.07, 6.45) is -2.74. The number of fused-ring (bicyclic) bond motifs is 1. The molecular weight excluding hydrogens is 331 g/mol. The van der Waals surface area contributed by atoms with Gasteiger partial charge >= 0.3 is 0 Å². The van der Waals surface area contributed by atoms with E-state index in [1.165, 1.54) is 24.3 Å². The fraction of sp³-hybridized carbons (Fsp3) is 0.222. The molecule has 3 aromatic rings. The molecule has 0 atom stereocenters. The molecule has 0 spiro atoms. The zero-order valence-electron chi connectivity index (χ0n) is 13.5. The van der Waals surface area contributed by atoms with Crippen molar-refractivity contribution in [3.63, 3.8) is 0 Å². The van der Waals surface area contributed by atoms with Crippen LogP contribution < -0.4 is 9.64 Å². The number of halogens is 3. The average Bonchev–Trinajstić information content (AvgIpc) is 2.62. The Kier molecular flexibility index (Phi) is 5.02. The molecule has 2 aromatic carbocycles. The van der Waals surface area contributed by atoms with Gasteiger partial charge in [0.1, 0.15) is 24.0 Å². The largest absolute Gasteiger partial charge is 0.492 e. The Morgan fingerprint density at radius 2 is 1.76 bits per heavy atom. The van der Waals surface area contributed by atoms with Crippen molar-refractivity contribution in [2.45, 2.75) is 6.43 Å². The molecule has 3 rings (SSSR count). The summed E-state index contributed by atoms with van der Waals surface area (Å²) >= 11 is 0. The third-order valence-corrected chi connectivity index (χ3v) is 3.67. The normalized spacial score (nSPS) is 11.1. The van der Waals surface area contributed by atoms with Gasteiger partial charge in [-0.05, 0) is 36.4 Å². The molecule has 0 N–H and O–H groups in total. The Balaban J connectivity index is 1.76. The van der Waals surface area contributed by atoms with Crippen molar-refractivity contribution in [1.29, 1.82) is 0 Å². The number of rotatable bonds is 6. The van der Waals surface area contributed by atoms with Gasteiger partial charge in [-0.15, -0.1) is 0 Å². The lowest BCUT2D eigenvalue weighted by Gasteiger charge is -2.20. The number of hydrogen-bond donors (Lipinski definition) is 0. The molecule has 130 valence electrons. The van der Waals surface area contributed by atoms with Crippen LogP contribution in [0.5, 0.6) is 5.75 Å². The molecule has 0 saturated carbocycles. The van der Waals surface area contributed by atoms with Crippen molar-refractivity contribution in [2.24, 2.45) is 0 Å². The van der Waals surface area contributed by atoms with Crippen LogP contribution in [0.25, 0.3) is 10.9 Å². The summed E-state index contributed by atoms with van der Waals surface area (Å²) in [5, 5.41) is 0.691. The molecule has 0 aliphatic rings. The van der Waals surface area contributed by atoms with E-state index in [4.69, 9.17) is 4.74 Å². The van der Waals surface area contributed by atoms with Crippen LogP contribution in [0.4, 0.5) is 19.0 Å². The molecule has 25 heavy (non-hydrogen) atoms. The van der Waals surface area contributed by atoms with Crippen LogP contribution in [0.2, 0.25) is 0 Å². The van der Waals surface area contributed by atoms with Crippen molar-refractivity contribution in [1.82, 2.24) is 9.97 Å². The predicted molar refractivity (Wildman–Crippen MR) is 89.7 cm³/mol. The van der Waals surface area contributed by atoms with Crippen molar-refractivity contribution in [3.05, 3.63) is 60.2 Å². The summed E-state index contributed by atoms with van der Waals surface area (Å²) < 4.78 is 44.5. The molecule has 1 heterocycles. The van der Waals surface area contributed by atoms with Crippen molar-refractivity contribution in [2.75, 3.05) is 25.1 Å². The van der Waals surface area contributed by atoms with Crippen LogP contribution in [0.15, 0.2) is 48.5 Å². The standard InChI is InChI=1S/C18H16F3N3O/c1-24(10-11-25-13-8-6-12(19)7-9-13)18-14-4-2-3-5-15(14)22-17(23-18)16(20)21/h2-9,16H,10-11H2,1H3. The van der Waals surface area contributed by atoms with E-state index in [1.54, 1.807) is 36.2 Å². The number of nitrogens with zero attached hydrogens (tertiary/aromatic N) is 3. The zero-order valence-corrected chi connectivity index (χ0v) is 13.5. The molecule has 0 bridgehead atoms. The zero-order chi connectivity index (χ0) is 17.8. The Bertz CT molecular complexity index is 856. The number of aromatic nitrogens is 2. The number of hydrogen-bond acceptors (Lipinski definition) is 4. The van der Waals surface area contributed by atoms with E-state index in [0.29, 0.717) is 35.6 Å². The molecular formula is C18H16F3N3O. The molecule has 0 unspecified atom stereocenters. The number of alkyl halides is 2. The van der Waals surface area contributed by atoms with E-state index >= 15 is 0 Å². The molecule has 0 saturated heterocycles. The Morgan fingerprint density at radius 3 is 2.48 bits per heavy atom. The van der Waals surface area contributed by atoms with E-state index in [-0.39, 0.29) is 5.82 Å². The summed E-state index contributed by atoms with van der Waals surface area (Å²) in [6, 6.07) is 12.7. The van der Waals surface area contributed by atoms with E-state index in [1.807, 2.05) is 0 Å². The highest BCUT2D eigenvalue weighted by Crippen LogP contribution is 2.26. The molecule has 1 aromatic heterocycles. The second kappa shape index (κ2) is 7.38. The molecule has 0 aliphatic carbocycles. The third-order valence-electron chi connectivity index (χ3n) is 3.67. The summed E-state index contributed by atoms with van der Waals surface area (Å²) in [4.78, 5) is 9.63. The third kappa shape index (κ3) is 3.99. The van der Waals surface area contributed by atoms with Crippen LogP contribution in [0.1, 0.15) is 12.2 Å². The minimum Gasteiger partial charge on any atom is -0.492 e. The second-order valence-electron chi connectivity index (χ2n) is 5.45. The second-order valence-corrected chi connectivity index (χ2v) is 5.45. The summed E-state index contributed by atoms with van der Waals surface area (Å²) in [5.41, 5.74) is 0.467. The SMILES string of the molecule is CN(CCOc1ccc(F)cc1)c1nc(C(F)F)nc2ccccc12. The van der Waals surface area contributed by atoms with Crippen LogP contribution in [-0.2, 0) is 0 Å². The maximum Gasteiger partial charge on any atom is 0.297 e. The quantitative estimate of drug-likeness (QED) is 0.669.